The summed E-state index contributed by atoms with van der Waals surface area (Å²) in [5.74, 6) is 0.347. The molecule has 3 aromatic rings. The molecule has 0 amide bonds. The summed E-state index contributed by atoms with van der Waals surface area (Å²) < 4.78 is 44.8. The first-order valence-corrected chi connectivity index (χ1v) is 7.80. The third-order valence-corrected chi connectivity index (χ3v) is 3.59. The van der Waals surface area contributed by atoms with E-state index in [4.69, 9.17) is 4.74 Å². The van der Waals surface area contributed by atoms with Crippen LogP contribution in [0.4, 0.5) is 19.0 Å². The number of nitrogens with zero attached hydrogens (tertiary/aromatic N) is 3. The number of hydrogen-bond donors (Lipinski definition) is 1. The predicted octanol–water partition coefficient (Wildman–Crippen LogP) is 3.39. The lowest BCUT2D eigenvalue weighted by Gasteiger charge is -2.09. The van der Waals surface area contributed by atoms with Crippen LogP contribution in [0.3, 0.4) is 0 Å². The van der Waals surface area contributed by atoms with Crippen molar-refractivity contribution in [3.8, 4) is 11.3 Å². The van der Waals surface area contributed by atoms with Crippen LogP contribution in [0, 0.1) is 0 Å². The minimum absolute atomic E-state index is 0.107. The predicted molar refractivity (Wildman–Crippen MR) is 88.5 cm³/mol. The van der Waals surface area contributed by atoms with Crippen LogP contribution in [0.25, 0.3) is 17.0 Å². The Hall–Kier alpha value is -3.10. The van der Waals surface area contributed by atoms with Gasteiger partial charge in [-0.2, -0.15) is 13.2 Å². The number of aromatic nitrogens is 3. The zero-order valence-electron chi connectivity index (χ0n) is 13.7. The standard InChI is InChI=1S/C17H15F3N4O2/c1-2-26-13(25)10-22-15-14(23-16-21-8-3-9-24(15)16)11-4-6-12(7-5-11)17(18,19)20/h3-9,22H,2,10H2,1H3. The zero-order chi connectivity index (χ0) is 18.7. The lowest BCUT2D eigenvalue weighted by Crippen LogP contribution is -2.17. The molecule has 0 bridgehead atoms. The van der Waals surface area contributed by atoms with Crippen LogP contribution < -0.4 is 5.32 Å². The Morgan fingerprint density at radius 3 is 2.65 bits per heavy atom. The van der Waals surface area contributed by atoms with Crippen LogP contribution in [0.15, 0.2) is 42.7 Å². The fourth-order valence-electron chi connectivity index (χ4n) is 2.44. The van der Waals surface area contributed by atoms with E-state index in [1.165, 1.54) is 12.1 Å². The zero-order valence-corrected chi connectivity index (χ0v) is 13.7. The highest BCUT2D eigenvalue weighted by Gasteiger charge is 2.30. The van der Waals surface area contributed by atoms with Gasteiger partial charge in [0.2, 0.25) is 5.78 Å². The van der Waals surface area contributed by atoms with E-state index in [2.05, 4.69) is 15.3 Å². The van der Waals surface area contributed by atoms with E-state index in [0.29, 0.717) is 22.9 Å². The molecule has 0 unspecified atom stereocenters. The van der Waals surface area contributed by atoms with Gasteiger partial charge in [-0.1, -0.05) is 12.1 Å². The number of benzene rings is 1. The number of nitrogens with one attached hydrogen (secondary N) is 1. The Kier molecular flexibility index (Phi) is 4.79. The van der Waals surface area contributed by atoms with Gasteiger partial charge in [0, 0.05) is 18.0 Å². The summed E-state index contributed by atoms with van der Waals surface area (Å²) in [5, 5.41) is 2.93. The van der Waals surface area contributed by atoms with Crippen molar-refractivity contribution in [2.24, 2.45) is 0 Å². The number of esters is 1. The van der Waals surface area contributed by atoms with Crippen molar-refractivity contribution in [2.75, 3.05) is 18.5 Å². The van der Waals surface area contributed by atoms with Gasteiger partial charge in [-0.15, -0.1) is 0 Å². The summed E-state index contributed by atoms with van der Waals surface area (Å²) in [5.41, 5.74) is 0.112. The molecule has 136 valence electrons. The summed E-state index contributed by atoms with van der Waals surface area (Å²) in [6.07, 6.45) is -1.17. The van der Waals surface area contributed by atoms with E-state index in [1.807, 2.05) is 0 Å². The number of alkyl halides is 3. The molecule has 2 heterocycles. The minimum atomic E-state index is -4.41. The highest BCUT2D eigenvalue weighted by atomic mass is 19.4. The van der Waals surface area contributed by atoms with Crippen LogP contribution in [0.5, 0.6) is 0 Å². The molecule has 0 aliphatic rings. The molecule has 0 aliphatic heterocycles. The quantitative estimate of drug-likeness (QED) is 0.703. The second-order valence-corrected chi connectivity index (χ2v) is 5.33. The molecule has 26 heavy (non-hydrogen) atoms. The van der Waals surface area contributed by atoms with Gasteiger partial charge in [0.1, 0.15) is 18.1 Å². The second kappa shape index (κ2) is 7.03. The molecule has 3 rings (SSSR count). The van der Waals surface area contributed by atoms with Gasteiger partial charge >= 0.3 is 12.1 Å². The van der Waals surface area contributed by atoms with Crippen molar-refractivity contribution in [3.63, 3.8) is 0 Å². The summed E-state index contributed by atoms with van der Waals surface area (Å²) >= 11 is 0. The lowest BCUT2D eigenvalue weighted by molar-refractivity contribution is -0.141. The molecule has 0 atom stereocenters. The molecule has 2 aromatic heterocycles. The van der Waals surface area contributed by atoms with Crippen molar-refractivity contribution >= 4 is 17.6 Å². The summed E-state index contributed by atoms with van der Waals surface area (Å²) in [7, 11) is 0. The van der Waals surface area contributed by atoms with Crippen LogP contribution in [0.1, 0.15) is 12.5 Å². The fourth-order valence-corrected chi connectivity index (χ4v) is 2.44. The normalized spacial score (nSPS) is 11.5. The first-order chi connectivity index (χ1) is 12.4. The van der Waals surface area contributed by atoms with Crippen LogP contribution in [-0.2, 0) is 15.7 Å². The van der Waals surface area contributed by atoms with Gasteiger partial charge in [-0.25, -0.2) is 9.97 Å². The first kappa shape index (κ1) is 17.7. The van der Waals surface area contributed by atoms with Crippen molar-refractivity contribution in [2.45, 2.75) is 13.1 Å². The van der Waals surface area contributed by atoms with Gasteiger partial charge in [0.25, 0.3) is 0 Å². The van der Waals surface area contributed by atoms with Crippen molar-refractivity contribution in [3.05, 3.63) is 48.3 Å². The number of fused-ring (bicyclic) bond motifs is 1. The summed E-state index contributed by atoms with van der Waals surface area (Å²) in [4.78, 5) is 20.1. The van der Waals surface area contributed by atoms with Gasteiger partial charge < -0.3 is 10.1 Å². The van der Waals surface area contributed by atoms with E-state index >= 15 is 0 Å². The first-order valence-electron chi connectivity index (χ1n) is 7.80. The molecule has 0 fully saturated rings. The highest BCUT2D eigenvalue weighted by Crippen LogP contribution is 2.33. The third-order valence-electron chi connectivity index (χ3n) is 3.59. The topological polar surface area (TPSA) is 68.5 Å². The van der Waals surface area contributed by atoms with E-state index < -0.39 is 17.7 Å². The molecule has 0 saturated carbocycles. The maximum atomic E-state index is 12.8. The van der Waals surface area contributed by atoms with Crippen LogP contribution >= 0.6 is 0 Å². The number of imidazole rings is 1. The van der Waals surface area contributed by atoms with E-state index in [1.54, 1.807) is 29.8 Å². The number of rotatable bonds is 5. The van der Waals surface area contributed by atoms with Gasteiger partial charge in [0.05, 0.1) is 12.2 Å². The maximum Gasteiger partial charge on any atom is 0.416 e. The molecule has 6 nitrogen and oxygen atoms in total. The molecular weight excluding hydrogens is 349 g/mol. The molecule has 0 spiro atoms. The largest absolute Gasteiger partial charge is 0.465 e. The van der Waals surface area contributed by atoms with Crippen LogP contribution in [0.2, 0.25) is 0 Å². The maximum absolute atomic E-state index is 12.8. The molecule has 0 radical (unpaired) electrons. The Balaban J connectivity index is 1.99. The minimum Gasteiger partial charge on any atom is -0.465 e. The average molecular weight is 364 g/mol. The Labute approximate surface area is 146 Å². The van der Waals surface area contributed by atoms with Gasteiger partial charge in [-0.3, -0.25) is 9.20 Å². The number of carbonyl (C=O) groups is 1. The molecule has 1 N–H and O–H groups in total. The fraction of sp³-hybridized carbons (Fsp3) is 0.235. The number of hydrogen-bond acceptors (Lipinski definition) is 5. The second-order valence-electron chi connectivity index (χ2n) is 5.33. The summed E-state index contributed by atoms with van der Waals surface area (Å²) in [6.45, 7) is 1.84. The van der Waals surface area contributed by atoms with Crippen LogP contribution in [-0.4, -0.2) is 33.5 Å². The smallest absolute Gasteiger partial charge is 0.416 e. The van der Waals surface area contributed by atoms with E-state index in [-0.39, 0.29) is 13.2 Å². The monoisotopic (exact) mass is 364 g/mol. The van der Waals surface area contributed by atoms with Gasteiger partial charge in [0.15, 0.2) is 0 Å². The average Bonchev–Trinajstić information content (AvgIpc) is 2.98. The molecule has 0 aliphatic carbocycles. The van der Waals surface area contributed by atoms with Crippen molar-refractivity contribution < 1.29 is 22.7 Å². The number of anilines is 1. The number of carbonyl (C=O) groups excluding carboxylic acids is 1. The highest BCUT2D eigenvalue weighted by molar-refractivity contribution is 5.80. The SMILES string of the molecule is CCOC(=O)CNc1c(-c2ccc(C(F)(F)F)cc2)nc2ncccn12. The number of halogens is 3. The lowest BCUT2D eigenvalue weighted by atomic mass is 10.1. The van der Waals surface area contributed by atoms with Crippen molar-refractivity contribution in [1.29, 1.82) is 0 Å². The molecule has 1 aromatic carbocycles. The van der Waals surface area contributed by atoms with Crippen molar-refractivity contribution in [1.82, 2.24) is 14.4 Å². The molecule has 9 heteroatoms. The van der Waals surface area contributed by atoms with E-state index in [9.17, 15) is 18.0 Å². The third kappa shape index (κ3) is 3.61. The molecule has 0 saturated heterocycles. The molecular formula is C17H15F3N4O2. The number of ether oxygens (including phenoxy) is 1. The Bertz CT molecular complexity index is 920. The van der Waals surface area contributed by atoms with E-state index in [0.717, 1.165) is 12.1 Å². The summed E-state index contributed by atoms with van der Waals surface area (Å²) in [6, 6.07) is 6.32. The Morgan fingerprint density at radius 2 is 2.00 bits per heavy atom. The Morgan fingerprint density at radius 1 is 1.27 bits per heavy atom. The van der Waals surface area contributed by atoms with Gasteiger partial charge in [-0.05, 0) is 25.1 Å².